The number of primary amides is 1. The number of nitrogens with zero attached hydrogens (tertiary/aromatic N) is 2. The Hall–Kier alpha value is -1.47. The smallest absolute Gasteiger partial charge is 0.237 e. The number of likely N-dealkylation sites (tertiary alicyclic amines) is 1. The Balaban J connectivity index is 1.89. The summed E-state index contributed by atoms with van der Waals surface area (Å²) in [7, 11) is 0. The van der Waals surface area contributed by atoms with Crippen molar-refractivity contribution < 1.29 is 19.1 Å². The molecule has 2 saturated heterocycles. The summed E-state index contributed by atoms with van der Waals surface area (Å²) in [6.07, 6.45) is 0.849. The summed E-state index contributed by atoms with van der Waals surface area (Å²) in [4.78, 5) is 38.0. The molecule has 0 aromatic rings. The summed E-state index contributed by atoms with van der Waals surface area (Å²) < 4.78 is 5.20. The summed E-state index contributed by atoms with van der Waals surface area (Å²) >= 11 is 0. The molecule has 7 heteroatoms. The second-order valence-corrected chi connectivity index (χ2v) is 4.88. The molecule has 0 spiro atoms. The van der Waals surface area contributed by atoms with Gasteiger partial charge in [0.05, 0.1) is 19.8 Å². The Kier molecular flexibility index (Phi) is 4.49. The Morgan fingerprint density at radius 1 is 1.26 bits per heavy atom. The molecule has 0 aromatic heterocycles. The van der Waals surface area contributed by atoms with Crippen molar-refractivity contribution in [2.45, 2.75) is 18.9 Å². The highest BCUT2D eigenvalue weighted by Gasteiger charge is 2.31. The van der Waals surface area contributed by atoms with E-state index in [1.807, 2.05) is 0 Å². The zero-order valence-electron chi connectivity index (χ0n) is 10.8. The van der Waals surface area contributed by atoms with E-state index in [1.54, 1.807) is 9.80 Å². The number of hydrogen-bond acceptors (Lipinski definition) is 5. The van der Waals surface area contributed by atoms with Gasteiger partial charge in [-0.3, -0.25) is 19.3 Å². The van der Waals surface area contributed by atoms with E-state index < -0.39 is 11.9 Å². The lowest BCUT2D eigenvalue weighted by atomic mass is 10.1. The summed E-state index contributed by atoms with van der Waals surface area (Å²) in [5.74, 6) is -0.326. The van der Waals surface area contributed by atoms with Gasteiger partial charge in [0, 0.05) is 32.5 Å². The van der Waals surface area contributed by atoms with Crippen LogP contribution in [0.5, 0.6) is 0 Å². The number of nitrogens with two attached hydrogens (primary N) is 1. The van der Waals surface area contributed by atoms with Crippen molar-refractivity contribution in [2.75, 3.05) is 39.4 Å². The molecule has 1 atom stereocenters. The Bertz CT molecular complexity index is 375. The maximum Gasteiger partial charge on any atom is 0.237 e. The van der Waals surface area contributed by atoms with Gasteiger partial charge in [-0.2, -0.15) is 0 Å². The van der Waals surface area contributed by atoms with Crippen LogP contribution < -0.4 is 5.73 Å². The van der Waals surface area contributed by atoms with Gasteiger partial charge in [0.15, 0.2) is 0 Å². The van der Waals surface area contributed by atoms with E-state index >= 15 is 0 Å². The number of amides is 2. The molecule has 2 amide bonds. The molecule has 2 rings (SSSR count). The number of rotatable bonds is 3. The van der Waals surface area contributed by atoms with Crippen LogP contribution >= 0.6 is 0 Å². The maximum atomic E-state index is 12.1. The van der Waals surface area contributed by atoms with Crippen molar-refractivity contribution in [2.24, 2.45) is 5.73 Å². The van der Waals surface area contributed by atoms with Crippen LogP contribution in [0.3, 0.4) is 0 Å². The quantitative estimate of drug-likeness (QED) is 0.663. The van der Waals surface area contributed by atoms with Crippen LogP contribution in [0.25, 0.3) is 0 Å². The molecule has 19 heavy (non-hydrogen) atoms. The number of hydrogen-bond donors (Lipinski definition) is 1. The lowest BCUT2D eigenvalue weighted by Crippen LogP contribution is -2.55. The fourth-order valence-corrected chi connectivity index (χ4v) is 2.37. The lowest BCUT2D eigenvalue weighted by Gasteiger charge is -2.35. The standard InChI is InChI=1S/C12H19N3O4/c13-12(18)10-8-19-6-5-15(10)7-11(17)14-3-1-9(16)2-4-14/h10H,1-8H2,(H2,13,18). The molecular formula is C12H19N3O4. The molecule has 2 N–H and O–H groups in total. The normalized spacial score (nSPS) is 25.4. The number of piperidine rings is 1. The summed E-state index contributed by atoms with van der Waals surface area (Å²) in [5, 5.41) is 0. The first-order chi connectivity index (χ1) is 9.08. The number of Topliss-reactive ketones (excluding diaryl/α,β-unsaturated/α-hetero) is 1. The van der Waals surface area contributed by atoms with E-state index in [2.05, 4.69) is 0 Å². The third kappa shape index (κ3) is 3.51. The van der Waals surface area contributed by atoms with Gasteiger partial charge in [-0.25, -0.2) is 0 Å². The molecule has 2 aliphatic heterocycles. The fourth-order valence-electron chi connectivity index (χ4n) is 2.37. The van der Waals surface area contributed by atoms with E-state index in [0.717, 1.165) is 0 Å². The van der Waals surface area contributed by atoms with E-state index in [-0.39, 0.29) is 24.8 Å². The first kappa shape index (κ1) is 14.0. The van der Waals surface area contributed by atoms with Crippen LogP contribution in [-0.2, 0) is 19.1 Å². The highest BCUT2D eigenvalue weighted by atomic mass is 16.5. The Morgan fingerprint density at radius 2 is 1.95 bits per heavy atom. The molecule has 2 heterocycles. The predicted molar refractivity (Wildman–Crippen MR) is 66.2 cm³/mol. The highest BCUT2D eigenvalue weighted by molar-refractivity contribution is 5.85. The minimum atomic E-state index is -0.538. The van der Waals surface area contributed by atoms with Crippen molar-refractivity contribution in [1.29, 1.82) is 0 Å². The van der Waals surface area contributed by atoms with Gasteiger partial charge in [-0.1, -0.05) is 0 Å². The number of carbonyl (C=O) groups is 3. The van der Waals surface area contributed by atoms with Crippen molar-refractivity contribution >= 4 is 17.6 Å². The maximum absolute atomic E-state index is 12.1. The SMILES string of the molecule is NC(=O)C1COCCN1CC(=O)N1CCC(=O)CC1. The van der Waals surface area contributed by atoms with E-state index in [0.29, 0.717) is 39.1 Å². The first-order valence-electron chi connectivity index (χ1n) is 6.48. The van der Waals surface area contributed by atoms with Gasteiger partial charge < -0.3 is 15.4 Å². The van der Waals surface area contributed by atoms with Crippen LogP contribution in [0.15, 0.2) is 0 Å². The summed E-state index contributed by atoms with van der Waals surface area (Å²) in [6.45, 7) is 2.36. The molecule has 0 saturated carbocycles. The van der Waals surface area contributed by atoms with Gasteiger partial charge in [0.1, 0.15) is 11.8 Å². The fraction of sp³-hybridized carbons (Fsp3) is 0.750. The third-order valence-corrected chi connectivity index (χ3v) is 3.58. The zero-order valence-corrected chi connectivity index (χ0v) is 10.8. The van der Waals surface area contributed by atoms with Crippen molar-refractivity contribution in [3.8, 4) is 0 Å². The second kappa shape index (κ2) is 6.12. The minimum absolute atomic E-state index is 0.0550. The van der Waals surface area contributed by atoms with Crippen molar-refractivity contribution in [3.05, 3.63) is 0 Å². The van der Waals surface area contributed by atoms with Crippen molar-refractivity contribution in [1.82, 2.24) is 9.80 Å². The average Bonchev–Trinajstić information content (AvgIpc) is 2.39. The molecule has 7 nitrogen and oxygen atoms in total. The van der Waals surface area contributed by atoms with Gasteiger partial charge in [-0.05, 0) is 0 Å². The van der Waals surface area contributed by atoms with Crippen LogP contribution in [0.1, 0.15) is 12.8 Å². The molecular weight excluding hydrogens is 250 g/mol. The summed E-state index contributed by atoms with van der Waals surface area (Å²) in [6, 6.07) is -0.538. The molecule has 106 valence electrons. The van der Waals surface area contributed by atoms with Gasteiger partial charge in [0.2, 0.25) is 11.8 Å². The minimum Gasteiger partial charge on any atom is -0.378 e. The molecule has 1 unspecified atom stereocenters. The largest absolute Gasteiger partial charge is 0.378 e. The first-order valence-corrected chi connectivity index (χ1v) is 6.48. The number of ketones is 1. The Labute approximate surface area is 111 Å². The van der Waals surface area contributed by atoms with E-state index in [1.165, 1.54) is 0 Å². The van der Waals surface area contributed by atoms with E-state index in [4.69, 9.17) is 10.5 Å². The van der Waals surface area contributed by atoms with Crippen molar-refractivity contribution in [3.63, 3.8) is 0 Å². The monoisotopic (exact) mass is 269 g/mol. The predicted octanol–water partition coefficient (Wildman–Crippen LogP) is -1.64. The Morgan fingerprint density at radius 3 is 2.58 bits per heavy atom. The molecule has 2 fully saturated rings. The second-order valence-electron chi connectivity index (χ2n) is 4.88. The molecule has 0 aromatic carbocycles. The lowest BCUT2D eigenvalue weighted by molar-refractivity contribution is -0.139. The highest BCUT2D eigenvalue weighted by Crippen LogP contribution is 2.10. The molecule has 0 radical (unpaired) electrons. The average molecular weight is 269 g/mol. The zero-order chi connectivity index (χ0) is 13.8. The third-order valence-electron chi connectivity index (χ3n) is 3.58. The molecule has 0 aliphatic carbocycles. The van der Waals surface area contributed by atoms with Gasteiger partial charge in [-0.15, -0.1) is 0 Å². The topological polar surface area (TPSA) is 92.9 Å². The van der Waals surface area contributed by atoms with Gasteiger partial charge in [0.25, 0.3) is 0 Å². The van der Waals surface area contributed by atoms with E-state index in [9.17, 15) is 14.4 Å². The molecule has 0 bridgehead atoms. The number of ether oxygens (including phenoxy) is 1. The van der Waals surface area contributed by atoms with Crippen LogP contribution in [0.4, 0.5) is 0 Å². The number of morpholine rings is 1. The summed E-state index contributed by atoms with van der Waals surface area (Å²) in [5.41, 5.74) is 5.30. The van der Waals surface area contributed by atoms with Crippen LogP contribution in [-0.4, -0.2) is 72.8 Å². The van der Waals surface area contributed by atoms with Gasteiger partial charge >= 0.3 is 0 Å². The molecule has 2 aliphatic rings. The number of carbonyl (C=O) groups excluding carboxylic acids is 3. The van der Waals surface area contributed by atoms with Crippen LogP contribution in [0.2, 0.25) is 0 Å². The van der Waals surface area contributed by atoms with Crippen LogP contribution in [0, 0.1) is 0 Å².